The fourth-order valence-corrected chi connectivity index (χ4v) is 4.59. The molecule has 2 rings (SSSR count). The van der Waals surface area contributed by atoms with Crippen LogP contribution in [0.25, 0.3) is 0 Å². The van der Waals surface area contributed by atoms with Crippen molar-refractivity contribution in [3.8, 4) is 5.75 Å². The van der Waals surface area contributed by atoms with E-state index in [9.17, 15) is 17.6 Å². The summed E-state index contributed by atoms with van der Waals surface area (Å²) in [5.74, 6) is -0.700. The molecular formula is C14H18FNO4S. The third-order valence-electron chi connectivity index (χ3n) is 3.53. The highest BCUT2D eigenvalue weighted by atomic mass is 32.2. The van der Waals surface area contributed by atoms with Crippen LogP contribution >= 0.6 is 0 Å². The van der Waals surface area contributed by atoms with Crippen LogP contribution in [0, 0.1) is 5.82 Å². The first-order chi connectivity index (χ1) is 9.73. The first-order valence-corrected chi connectivity index (χ1v) is 8.39. The monoisotopic (exact) mass is 315 g/mol. The Labute approximate surface area is 123 Å². The number of ether oxygens (including phenoxy) is 1. The molecule has 7 heteroatoms. The van der Waals surface area contributed by atoms with Crippen molar-refractivity contribution in [2.45, 2.75) is 25.3 Å². The summed E-state index contributed by atoms with van der Waals surface area (Å²) in [4.78, 5) is 12.0. The Balaban J connectivity index is 2.01. The molecule has 0 aromatic heterocycles. The molecule has 1 saturated heterocycles. The van der Waals surface area contributed by atoms with Crippen LogP contribution in [0.1, 0.15) is 18.9 Å². The number of rotatable bonds is 4. The van der Waals surface area contributed by atoms with Crippen molar-refractivity contribution in [1.82, 2.24) is 5.32 Å². The zero-order valence-electron chi connectivity index (χ0n) is 12.0. The number of hydrogen-bond donors (Lipinski definition) is 1. The molecule has 1 aliphatic rings. The molecule has 0 saturated carbocycles. The highest BCUT2D eigenvalue weighted by molar-refractivity contribution is 7.91. The number of carbonyl (C=O) groups is 1. The number of nitrogens with one attached hydrogen (secondary N) is 1. The first-order valence-electron chi connectivity index (χ1n) is 6.57. The van der Waals surface area contributed by atoms with Crippen LogP contribution in [0.2, 0.25) is 0 Å². The Morgan fingerprint density at radius 1 is 1.48 bits per heavy atom. The van der Waals surface area contributed by atoms with Crippen LogP contribution in [-0.2, 0) is 21.1 Å². The van der Waals surface area contributed by atoms with Crippen molar-refractivity contribution in [3.05, 3.63) is 29.6 Å². The van der Waals surface area contributed by atoms with Gasteiger partial charge < -0.3 is 10.1 Å². The fraction of sp³-hybridized carbons (Fsp3) is 0.500. The van der Waals surface area contributed by atoms with Crippen molar-refractivity contribution in [2.75, 3.05) is 18.6 Å². The lowest BCUT2D eigenvalue weighted by atomic mass is 10.0. The van der Waals surface area contributed by atoms with E-state index in [1.54, 1.807) is 13.0 Å². The molecule has 0 radical (unpaired) electrons. The van der Waals surface area contributed by atoms with Gasteiger partial charge in [0.1, 0.15) is 0 Å². The summed E-state index contributed by atoms with van der Waals surface area (Å²) in [6.45, 7) is 1.71. The van der Waals surface area contributed by atoms with Gasteiger partial charge in [0.2, 0.25) is 5.91 Å². The second-order valence-electron chi connectivity index (χ2n) is 5.60. The Morgan fingerprint density at radius 3 is 2.71 bits per heavy atom. The van der Waals surface area contributed by atoms with Crippen molar-refractivity contribution in [2.24, 2.45) is 0 Å². The van der Waals surface area contributed by atoms with Gasteiger partial charge in [-0.15, -0.1) is 0 Å². The molecule has 21 heavy (non-hydrogen) atoms. The van der Waals surface area contributed by atoms with Crippen LogP contribution in [0.3, 0.4) is 0 Å². The van der Waals surface area contributed by atoms with Gasteiger partial charge in [-0.05, 0) is 31.0 Å². The van der Waals surface area contributed by atoms with E-state index >= 15 is 0 Å². The number of benzene rings is 1. The van der Waals surface area contributed by atoms with Crippen LogP contribution in [0.15, 0.2) is 18.2 Å². The topological polar surface area (TPSA) is 72.5 Å². The normalized spacial score (nSPS) is 23.8. The first kappa shape index (κ1) is 15.8. The molecule has 0 bridgehead atoms. The van der Waals surface area contributed by atoms with E-state index in [1.165, 1.54) is 19.2 Å². The van der Waals surface area contributed by atoms with Crippen LogP contribution in [-0.4, -0.2) is 38.5 Å². The Kier molecular flexibility index (Phi) is 4.22. The maximum atomic E-state index is 13.5. The van der Waals surface area contributed by atoms with Crippen molar-refractivity contribution in [1.29, 1.82) is 0 Å². The number of amides is 1. The molecule has 0 spiro atoms. The Bertz CT molecular complexity index is 659. The second-order valence-corrected chi connectivity index (χ2v) is 7.78. The molecular weight excluding hydrogens is 297 g/mol. The summed E-state index contributed by atoms with van der Waals surface area (Å²) >= 11 is 0. The number of carbonyl (C=O) groups excluding carboxylic acids is 1. The number of sulfone groups is 1. The maximum absolute atomic E-state index is 13.5. The summed E-state index contributed by atoms with van der Waals surface area (Å²) in [6.07, 6.45) is 0.397. The molecule has 1 aromatic rings. The zero-order valence-corrected chi connectivity index (χ0v) is 12.8. The third-order valence-corrected chi connectivity index (χ3v) is 5.43. The second kappa shape index (κ2) is 5.63. The predicted octanol–water partition coefficient (Wildman–Crippen LogP) is 1.07. The summed E-state index contributed by atoms with van der Waals surface area (Å²) in [6, 6.07) is 4.31. The van der Waals surface area contributed by atoms with Gasteiger partial charge >= 0.3 is 0 Å². The largest absolute Gasteiger partial charge is 0.494 e. The third kappa shape index (κ3) is 3.93. The molecule has 1 heterocycles. The van der Waals surface area contributed by atoms with Crippen molar-refractivity contribution in [3.63, 3.8) is 0 Å². The van der Waals surface area contributed by atoms with Gasteiger partial charge in [0, 0.05) is 0 Å². The molecule has 1 aromatic carbocycles. The predicted molar refractivity (Wildman–Crippen MR) is 76.5 cm³/mol. The maximum Gasteiger partial charge on any atom is 0.224 e. The van der Waals surface area contributed by atoms with Crippen LogP contribution < -0.4 is 10.1 Å². The van der Waals surface area contributed by atoms with Gasteiger partial charge in [-0.3, -0.25) is 4.79 Å². The number of methoxy groups -OCH3 is 1. The van der Waals surface area contributed by atoms with Crippen LogP contribution in [0.5, 0.6) is 5.75 Å². The Morgan fingerprint density at radius 2 is 2.19 bits per heavy atom. The van der Waals surface area contributed by atoms with Gasteiger partial charge in [0.15, 0.2) is 21.4 Å². The average Bonchev–Trinajstić information content (AvgIpc) is 2.63. The van der Waals surface area contributed by atoms with Crippen molar-refractivity contribution < 1.29 is 22.3 Å². The number of hydrogen-bond acceptors (Lipinski definition) is 4. The van der Waals surface area contributed by atoms with E-state index in [0.717, 1.165) is 0 Å². The average molecular weight is 315 g/mol. The minimum absolute atomic E-state index is 0.00342. The summed E-state index contributed by atoms with van der Waals surface area (Å²) in [7, 11) is -1.71. The van der Waals surface area contributed by atoms with E-state index < -0.39 is 21.2 Å². The molecule has 5 nitrogen and oxygen atoms in total. The minimum Gasteiger partial charge on any atom is -0.494 e. The molecule has 1 N–H and O–H groups in total. The molecule has 0 aliphatic carbocycles. The lowest BCUT2D eigenvalue weighted by molar-refractivity contribution is -0.121. The lowest BCUT2D eigenvalue weighted by Gasteiger charge is -2.23. The minimum atomic E-state index is -3.08. The van der Waals surface area contributed by atoms with E-state index in [-0.39, 0.29) is 29.6 Å². The molecule has 1 atom stereocenters. The highest BCUT2D eigenvalue weighted by Crippen LogP contribution is 2.23. The summed E-state index contributed by atoms with van der Waals surface area (Å²) < 4.78 is 41.3. The lowest BCUT2D eigenvalue weighted by Crippen LogP contribution is -2.47. The van der Waals surface area contributed by atoms with Gasteiger partial charge in [0.25, 0.3) is 0 Å². The van der Waals surface area contributed by atoms with E-state index in [1.807, 2.05) is 0 Å². The molecule has 1 amide bonds. The highest BCUT2D eigenvalue weighted by Gasteiger charge is 2.39. The van der Waals surface area contributed by atoms with Gasteiger partial charge in [-0.2, -0.15) is 0 Å². The van der Waals surface area contributed by atoms with Gasteiger partial charge in [-0.1, -0.05) is 6.07 Å². The molecule has 116 valence electrons. The van der Waals surface area contributed by atoms with Gasteiger partial charge in [-0.25, -0.2) is 12.8 Å². The van der Waals surface area contributed by atoms with Crippen LogP contribution in [0.4, 0.5) is 4.39 Å². The SMILES string of the molecule is COc1ccc(CC(=O)N[C@@]2(C)CCS(=O)(=O)C2)cc1F. The van der Waals surface area contributed by atoms with E-state index in [2.05, 4.69) is 5.32 Å². The molecule has 0 unspecified atom stereocenters. The van der Waals surface area contributed by atoms with E-state index in [4.69, 9.17) is 4.74 Å². The van der Waals surface area contributed by atoms with Gasteiger partial charge in [0.05, 0.1) is 30.6 Å². The van der Waals surface area contributed by atoms with Crippen molar-refractivity contribution >= 4 is 15.7 Å². The summed E-state index contributed by atoms with van der Waals surface area (Å²) in [5, 5.41) is 2.74. The summed E-state index contributed by atoms with van der Waals surface area (Å²) in [5.41, 5.74) is -0.226. The quantitative estimate of drug-likeness (QED) is 0.902. The molecule has 1 fully saturated rings. The smallest absolute Gasteiger partial charge is 0.224 e. The zero-order chi connectivity index (χ0) is 15.7. The number of halogens is 1. The standard InChI is InChI=1S/C14H18FNO4S/c1-14(5-6-21(18,19)9-14)16-13(17)8-10-3-4-12(20-2)11(15)7-10/h3-4,7H,5-6,8-9H2,1-2H3,(H,16,17)/t14-/m0/s1. The van der Waals surface area contributed by atoms with E-state index in [0.29, 0.717) is 12.0 Å². The fourth-order valence-electron chi connectivity index (χ4n) is 2.50. The Hall–Kier alpha value is -1.63. The molecule has 1 aliphatic heterocycles.